The number of carbonyl (C=O) groups is 4. The van der Waals surface area contributed by atoms with Crippen molar-refractivity contribution in [1.29, 1.82) is 0 Å². The van der Waals surface area contributed by atoms with Crippen molar-refractivity contribution in [2.24, 2.45) is 23.7 Å². The molecule has 14 nitrogen and oxygen atoms in total. The van der Waals surface area contributed by atoms with E-state index in [0.717, 1.165) is 51.3 Å². The first-order valence-corrected chi connectivity index (χ1v) is 23.7. The van der Waals surface area contributed by atoms with Gasteiger partial charge in [0, 0.05) is 54.3 Å². The number of nitrogens with one attached hydrogen (secondary N) is 4. The number of hydrogen-bond acceptors (Lipinski definition) is 8. The Kier molecular flexibility index (Phi) is 10.8. The maximum absolute atomic E-state index is 14.4. The van der Waals surface area contributed by atoms with Crippen molar-refractivity contribution >= 4 is 56.8 Å². The number of aromatic nitrogens is 4. The summed E-state index contributed by atoms with van der Waals surface area (Å²) in [6.07, 6.45) is 0.690. The Hall–Kier alpha value is -6.38. The number of fused-ring (bicyclic) bond motifs is 6. The van der Waals surface area contributed by atoms with Crippen molar-refractivity contribution in [3.05, 3.63) is 71.3 Å². The average Bonchev–Trinajstić information content (AvgIpc) is 3.98. The molecule has 4 N–H and O–H groups in total. The van der Waals surface area contributed by atoms with E-state index in [-0.39, 0.29) is 87.3 Å². The molecule has 68 heavy (non-hydrogen) atoms. The van der Waals surface area contributed by atoms with Crippen LogP contribution in [0.2, 0.25) is 0 Å². The van der Waals surface area contributed by atoms with Gasteiger partial charge in [-0.25, -0.2) is 37.1 Å². The van der Waals surface area contributed by atoms with Crippen molar-refractivity contribution in [2.75, 3.05) is 14.2 Å². The second-order valence-corrected chi connectivity index (χ2v) is 19.9. The summed E-state index contributed by atoms with van der Waals surface area (Å²) >= 11 is 0. The van der Waals surface area contributed by atoms with Crippen molar-refractivity contribution in [3.8, 4) is 11.8 Å². The third kappa shape index (κ3) is 8.25. The van der Waals surface area contributed by atoms with Crippen LogP contribution in [0.3, 0.4) is 0 Å². The number of alkyl halides is 4. The fourth-order valence-electron chi connectivity index (χ4n) is 11.7. The van der Waals surface area contributed by atoms with Crippen LogP contribution in [0.15, 0.2) is 48.5 Å². The van der Waals surface area contributed by atoms with Gasteiger partial charge in [-0.1, -0.05) is 24.0 Å². The standard InChI is InChI=1S/C50H52F4N8O6/c1-67-47(65)59-40(27-11-15-49(51,52)16-12-27)45(63)61-36-21-30(36)23-38(61)43-55-33-9-6-26(20-35(33)57-43)4-3-25-5-8-32-29(19-25)7-10-34-42(32)58-44(56-34)39-24-31-22-37(31)62(39)46(64)41(60-48(66)68-2)28-13-17-50(53,54)18-14-28/h5-10,19-20,27-28,30-31,36-41H,11-18,21-24H2,1-2H3,(H,55,57)(H,56,58)(H,59,65)(H,60,66)/t30-,31-,36-,37-,38+,39+,40+,41+/m1/s1. The number of aromatic amines is 2. The van der Waals surface area contributed by atoms with E-state index in [9.17, 15) is 36.7 Å². The first-order chi connectivity index (χ1) is 32.7. The zero-order valence-electron chi connectivity index (χ0n) is 37.6. The number of alkyl carbamates (subject to hydrolysis) is 2. The van der Waals surface area contributed by atoms with Crippen molar-refractivity contribution in [3.63, 3.8) is 0 Å². The van der Waals surface area contributed by atoms with Gasteiger partial charge in [-0.15, -0.1) is 0 Å². The van der Waals surface area contributed by atoms with Gasteiger partial charge in [0.15, 0.2) is 0 Å². The molecule has 4 saturated carbocycles. The van der Waals surface area contributed by atoms with Crippen molar-refractivity contribution in [1.82, 2.24) is 40.4 Å². The van der Waals surface area contributed by atoms with Crippen LogP contribution in [0, 0.1) is 35.5 Å². The molecule has 6 fully saturated rings. The minimum Gasteiger partial charge on any atom is -0.453 e. The summed E-state index contributed by atoms with van der Waals surface area (Å²) in [7, 11) is 2.43. The highest BCUT2D eigenvalue weighted by atomic mass is 19.3. The molecule has 8 atom stereocenters. The van der Waals surface area contributed by atoms with Crippen LogP contribution in [0.4, 0.5) is 27.2 Å². The summed E-state index contributed by atoms with van der Waals surface area (Å²) in [4.78, 5) is 73.9. The Morgan fingerprint density at radius 1 is 0.662 bits per heavy atom. The smallest absolute Gasteiger partial charge is 0.407 e. The molecule has 356 valence electrons. The lowest BCUT2D eigenvalue weighted by atomic mass is 9.81. The molecule has 0 spiro atoms. The first kappa shape index (κ1) is 44.1. The van der Waals surface area contributed by atoms with Gasteiger partial charge in [-0.3, -0.25) is 9.59 Å². The number of nitrogens with zero attached hydrogens (tertiary/aromatic N) is 4. The zero-order chi connectivity index (χ0) is 47.2. The van der Waals surface area contributed by atoms with Gasteiger partial charge >= 0.3 is 12.2 Å². The molecule has 2 aromatic heterocycles. The predicted octanol–water partition coefficient (Wildman–Crippen LogP) is 8.42. The van der Waals surface area contributed by atoms with Gasteiger partial charge in [-0.05, 0) is 117 Å². The van der Waals surface area contributed by atoms with E-state index in [0.29, 0.717) is 41.8 Å². The molecule has 0 bridgehead atoms. The number of likely N-dealkylation sites (tertiary alicyclic amines) is 2. The molecule has 3 aromatic carbocycles. The second-order valence-electron chi connectivity index (χ2n) is 19.9. The minimum absolute atomic E-state index is 0.00724. The average molecular weight is 937 g/mol. The predicted molar refractivity (Wildman–Crippen MR) is 240 cm³/mol. The van der Waals surface area contributed by atoms with Gasteiger partial charge < -0.3 is 39.9 Å². The number of piperidine rings is 2. The quantitative estimate of drug-likeness (QED) is 0.0887. The maximum atomic E-state index is 14.4. The van der Waals surface area contributed by atoms with Crippen LogP contribution >= 0.6 is 0 Å². The Balaban J connectivity index is 0.807. The van der Waals surface area contributed by atoms with Crippen LogP contribution in [-0.4, -0.2) is 104 Å². The van der Waals surface area contributed by atoms with E-state index in [1.807, 2.05) is 53.4 Å². The van der Waals surface area contributed by atoms with Crippen LogP contribution in [0.1, 0.15) is 112 Å². The lowest BCUT2D eigenvalue weighted by Crippen LogP contribution is -2.54. The summed E-state index contributed by atoms with van der Waals surface area (Å²) in [5.74, 6) is 1.39. The monoisotopic (exact) mass is 936 g/mol. The van der Waals surface area contributed by atoms with E-state index in [1.165, 1.54) is 14.2 Å². The van der Waals surface area contributed by atoms with Crippen LogP contribution in [0.25, 0.3) is 32.8 Å². The molecule has 18 heteroatoms. The summed E-state index contributed by atoms with van der Waals surface area (Å²) in [5.41, 5.74) is 4.55. The van der Waals surface area contributed by atoms with Crippen molar-refractivity contribution in [2.45, 2.75) is 125 Å². The fourth-order valence-corrected chi connectivity index (χ4v) is 11.7. The molecule has 4 aliphatic carbocycles. The molecular weight excluding hydrogens is 885 g/mol. The lowest BCUT2D eigenvalue weighted by molar-refractivity contribution is -0.139. The Bertz CT molecular complexity index is 2910. The normalized spacial score (nSPS) is 26.9. The van der Waals surface area contributed by atoms with Gasteiger partial charge in [-0.2, -0.15) is 0 Å². The number of halogens is 4. The summed E-state index contributed by atoms with van der Waals surface area (Å²) in [6.45, 7) is 0. The van der Waals surface area contributed by atoms with Gasteiger partial charge in [0.2, 0.25) is 23.7 Å². The summed E-state index contributed by atoms with van der Waals surface area (Å²) in [6, 6.07) is 12.8. The van der Waals surface area contributed by atoms with Gasteiger partial charge in [0.05, 0.1) is 48.4 Å². The maximum Gasteiger partial charge on any atom is 0.407 e. The fraction of sp³-hybridized carbons (Fsp3) is 0.520. The third-order valence-electron chi connectivity index (χ3n) is 15.6. The number of amides is 4. The third-order valence-corrected chi connectivity index (χ3v) is 15.6. The molecule has 4 heterocycles. The molecule has 6 aliphatic rings. The topological polar surface area (TPSA) is 175 Å². The molecule has 5 aromatic rings. The summed E-state index contributed by atoms with van der Waals surface area (Å²) < 4.78 is 66.1. The molecule has 0 unspecified atom stereocenters. The van der Waals surface area contributed by atoms with E-state index in [1.54, 1.807) is 4.90 Å². The number of benzene rings is 3. The van der Waals surface area contributed by atoms with Crippen LogP contribution in [-0.2, 0) is 19.1 Å². The van der Waals surface area contributed by atoms with E-state index in [4.69, 9.17) is 19.4 Å². The molecular formula is C50H52F4N8O6. The molecule has 2 saturated heterocycles. The number of imidazole rings is 2. The largest absolute Gasteiger partial charge is 0.453 e. The highest BCUT2D eigenvalue weighted by molar-refractivity contribution is 6.04. The summed E-state index contributed by atoms with van der Waals surface area (Å²) in [5, 5.41) is 7.20. The zero-order valence-corrected chi connectivity index (χ0v) is 37.6. The van der Waals surface area contributed by atoms with Crippen molar-refractivity contribution < 1.29 is 46.2 Å². The highest BCUT2D eigenvalue weighted by Gasteiger charge is 2.58. The number of carbonyl (C=O) groups excluding carboxylic acids is 4. The Labute approximate surface area is 388 Å². The number of rotatable bonds is 8. The molecule has 4 amide bonds. The van der Waals surface area contributed by atoms with Gasteiger partial charge in [0.1, 0.15) is 23.7 Å². The second kappa shape index (κ2) is 16.7. The number of H-pyrrole nitrogens is 2. The number of hydrogen-bond donors (Lipinski definition) is 4. The van der Waals surface area contributed by atoms with Crippen LogP contribution in [0.5, 0.6) is 0 Å². The van der Waals surface area contributed by atoms with E-state index < -0.39 is 48.0 Å². The molecule has 0 radical (unpaired) electrons. The first-order valence-electron chi connectivity index (χ1n) is 23.7. The van der Waals surface area contributed by atoms with E-state index >= 15 is 0 Å². The molecule has 2 aliphatic heterocycles. The lowest BCUT2D eigenvalue weighted by Gasteiger charge is -2.37. The minimum atomic E-state index is -2.78. The number of methoxy groups -OCH3 is 2. The van der Waals surface area contributed by atoms with E-state index in [2.05, 4.69) is 32.4 Å². The SMILES string of the molecule is COC(=O)N[C@H](C(=O)N1[C@@H]2C[C@@H]2C[C@H]1c1nc2ccc(C#Cc3ccc4c(ccc5[nH]c([C@@H]6C[C@H]7C[C@H]7N6C(=O)[C@@H](NC(=O)OC)C6CCC(F)(F)CC6)nc54)c3)cc2[nH]1)C1CCC(F)(F)CC1. The Morgan fingerprint density at radius 3 is 1.71 bits per heavy atom. The highest BCUT2D eigenvalue weighted by Crippen LogP contribution is 2.55. The Morgan fingerprint density at radius 2 is 1.16 bits per heavy atom. The van der Waals surface area contributed by atoms with Crippen LogP contribution < -0.4 is 10.6 Å². The van der Waals surface area contributed by atoms with Gasteiger partial charge in [0.25, 0.3) is 0 Å². The number of ether oxygens (including phenoxy) is 2. The molecule has 11 rings (SSSR count).